The van der Waals surface area contributed by atoms with Crippen molar-refractivity contribution in [3.05, 3.63) is 32.2 Å². The molecule has 0 aliphatic rings. The van der Waals surface area contributed by atoms with E-state index in [9.17, 15) is 4.79 Å². The molecule has 19 heavy (non-hydrogen) atoms. The Balaban J connectivity index is 2.29. The zero-order valence-corrected chi connectivity index (χ0v) is 12.7. The first kappa shape index (κ1) is 14.2. The highest BCUT2D eigenvalue weighted by Gasteiger charge is 2.19. The predicted molar refractivity (Wildman–Crippen MR) is 75.2 cm³/mol. The maximum atomic E-state index is 11.6. The first-order valence-electron chi connectivity index (χ1n) is 5.59. The van der Waals surface area contributed by atoms with E-state index in [1.807, 2.05) is 11.4 Å². The average molecular weight is 345 g/mol. The Kier molecular flexibility index (Phi) is 4.67. The lowest BCUT2D eigenvalue weighted by Crippen LogP contribution is -2.14. The zero-order valence-electron chi connectivity index (χ0n) is 10.3. The van der Waals surface area contributed by atoms with E-state index < -0.39 is 5.97 Å². The van der Waals surface area contributed by atoms with Gasteiger partial charge in [0.2, 0.25) is 0 Å². The largest absolute Gasteiger partial charge is 0.464 e. The van der Waals surface area contributed by atoms with Gasteiger partial charge in [0.15, 0.2) is 5.69 Å². The summed E-state index contributed by atoms with van der Waals surface area (Å²) in [5.74, 6) is -0.485. The lowest BCUT2D eigenvalue weighted by atomic mass is 10.2. The van der Waals surface area contributed by atoms with Crippen LogP contribution in [0.4, 0.5) is 0 Å². The SMILES string of the molecule is COC(=O)c1nnn(Cc2csc(Br)c2)c1CCN. The van der Waals surface area contributed by atoms with Gasteiger partial charge in [-0.3, -0.25) is 0 Å². The number of hydrogen-bond donors (Lipinski definition) is 1. The summed E-state index contributed by atoms with van der Waals surface area (Å²) in [6.45, 7) is 0.978. The summed E-state index contributed by atoms with van der Waals surface area (Å²) in [4.78, 5) is 11.6. The number of nitrogens with zero attached hydrogens (tertiary/aromatic N) is 3. The number of hydrogen-bond acceptors (Lipinski definition) is 6. The van der Waals surface area contributed by atoms with Gasteiger partial charge >= 0.3 is 5.97 Å². The molecule has 0 saturated heterocycles. The molecule has 6 nitrogen and oxygen atoms in total. The van der Waals surface area contributed by atoms with Crippen molar-refractivity contribution in [2.45, 2.75) is 13.0 Å². The Hall–Kier alpha value is -1.25. The molecule has 2 rings (SSSR count). The number of halogens is 1. The standard InChI is InChI=1S/C11H13BrN4O2S/c1-18-11(17)10-8(2-3-13)16(15-14-10)5-7-4-9(12)19-6-7/h4,6H,2-3,5,13H2,1H3. The van der Waals surface area contributed by atoms with Gasteiger partial charge in [0.1, 0.15) is 0 Å². The second-order valence-electron chi connectivity index (χ2n) is 3.83. The molecule has 0 bridgehead atoms. The Morgan fingerprint density at radius 3 is 3.00 bits per heavy atom. The Bertz CT molecular complexity index is 581. The van der Waals surface area contributed by atoms with E-state index in [0.29, 0.717) is 25.2 Å². The highest BCUT2D eigenvalue weighted by Crippen LogP contribution is 2.21. The van der Waals surface area contributed by atoms with Crippen molar-refractivity contribution >= 4 is 33.2 Å². The van der Waals surface area contributed by atoms with E-state index in [2.05, 4.69) is 31.0 Å². The van der Waals surface area contributed by atoms with Crippen LogP contribution in [0.25, 0.3) is 0 Å². The van der Waals surface area contributed by atoms with Gasteiger partial charge in [0.25, 0.3) is 0 Å². The molecule has 8 heteroatoms. The third-order valence-corrected chi connectivity index (χ3v) is 4.10. The van der Waals surface area contributed by atoms with Gasteiger partial charge in [0, 0.05) is 6.42 Å². The summed E-state index contributed by atoms with van der Waals surface area (Å²) in [6.07, 6.45) is 0.530. The minimum Gasteiger partial charge on any atom is -0.464 e. The second-order valence-corrected chi connectivity index (χ2v) is 6.12. The minimum absolute atomic E-state index is 0.238. The second kappa shape index (κ2) is 6.27. The van der Waals surface area contributed by atoms with Gasteiger partial charge in [-0.25, -0.2) is 9.48 Å². The molecule has 0 radical (unpaired) electrons. The van der Waals surface area contributed by atoms with E-state index in [1.165, 1.54) is 7.11 Å². The van der Waals surface area contributed by atoms with Crippen molar-refractivity contribution in [1.29, 1.82) is 0 Å². The minimum atomic E-state index is -0.485. The summed E-state index contributed by atoms with van der Waals surface area (Å²) >= 11 is 5.01. The normalized spacial score (nSPS) is 10.7. The van der Waals surface area contributed by atoms with Crippen LogP contribution in [0.3, 0.4) is 0 Å². The predicted octanol–water partition coefficient (Wildman–Crippen LogP) is 1.44. The third-order valence-electron chi connectivity index (χ3n) is 2.55. The molecule has 0 unspecified atom stereocenters. The van der Waals surface area contributed by atoms with Crippen LogP contribution in [0.15, 0.2) is 15.2 Å². The number of carbonyl (C=O) groups is 1. The highest BCUT2D eigenvalue weighted by molar-refractivity contribution is 9.11. The van der Waals surface area contributed by atoms with E-state index >= 15 is 0 Å². The summed E-state index contributed by atoms with van der Waals surface area (Å²) in [5, 5.41) is 9.91. The maximum Gasteiger partial charge on any atom is 0.360 e. The van der Waals surface area contributed by atoms with Crippen LogP contribution in [0.1, 0.15) is 21.7 Å². The van der Waals surface area contributed by atoms with Crippen LogP contribution in [0.5, 0.6) is 0 Å². The lowest BCUT2D eigenvalue weighted by molar-refractivity contribution is 0.0592. The number of aromatic nitrogens is 3. The van der Waals surface area contributed by atoms with Crippen LogP contribution in [0, 0.1) is 0 Å². The molecule has 0 aliphatic heterocycles. The van der Waals surface area contributed by atoms with Crippen molar-refractivity contribution in [3.8, 4) is 0 Å². The smallest absolute Gasteiger partial charge is 0.360 e. The highest BCUT2D eigenvalue weighted by atomic mass is 79.9. The third kappa shape index (κ3) is 3.20. The molecule has 2 aromatic heterocycles. The molecular formula is C11H13BrN4O2S. The first-order chi connectivity index (χ1) is 9.15. The molecule has 0 fully saturated rings. The lowest BCUT2D eigenvalue weighted by Gasteiger charge is -2.05. The molecule has 2 heterocycles. The molecule has 0 saturated carbocycles. The van der Waals surface area contributed by atoms with E-state index in [-0.39, 0.29) is 5.69 Å². The number of carbonyl (C=O) groups excluding carboxylic acids is 1. The van der Waals surface area contributed by atoms with Gasteiger partial charge in [0.05, 0.1) is 23.1 Å². The van der Waals surface area contributed by atoms with Crippen LogP contribution in [-0.2, 0) is 17.7 Å². The van der Waals surface area contributed by atoms with Gasteiger partial charge in [-0.2, -0.15) is 0 Å². The molecule has 2 N–H and O–H groups in total. The number of rotatable bonds is 5. The number of methoxy groups -OCH3 is 1. The van der Waals surface area contributed by atoms with Crippen molar-refractivity contribution in [2.24, 2.45) is 5.73 Å². The van der Waals surface area contributed by atoms with Gasteiger partial charge in [-0.15, -0.1) is 16.4 Å². The zero-order chi connectivity index (χ0) is 13.8. The Labute approximate surface area is 122 Å². The summed E-state index contributed by atoms with van der Waals surface area (Å²) in [5.41, 5.74) is 7.61. The molecule has 0 aliphatic carbocycles. The number of ether oxygens (including phenoxy) is 1. The summed E-state index contributed by atoms with van der Waals surface area (Å²) < 4.78 is 7.43. The number of esters is 1. The number of thiophene rings is 1. The van der Waals surface area contributed by atoms with Crippen molar-refractivity contribution < 1.29 is 9.53 Å². The fourth-order valence-corrected chi connectivity index (χ4v) is 2.90. The molecular weight excluding hydrogens is 332 g/mol. The van der Waals surface area contributed by atoms with Crippen LogP contribution in [-0.4, -0.2) is 34.6 Å². The molecule has 102 valence electrons. The van der Waals surface area contributed by atoms with E-state index in [0.717, 1.165) is 9.35 Å². The molecule has 0 amide bonds. The van der Waals surface area contributed by atoms with Crippen LogP contribution in [0.2, 0.25) is 0 Å². The fraction of sp³-hybridized carbons (Fsp3) is 0.364. The maximum absolute atomic E-state index is 11.6. The monoisotopic (exact) mass is 344 g/mol. The molecule has 0 aromatic carbocycles. The summed E-state index contributed by atoms with van der Waals surface area (Å²) in [6, 6.07) is 2.01. The van der Waals surface area contributed by atoms with E-state index in [4.69, 9.17) is 5.73 Å². The molecule has 0 spiro atoms. The summed E-state index contributed by atoms with van der Waals surface area (Å²) in [7, 11) is 1.32. The number of nitrogens with two attached hydrogens (primary N) is 1. The Morgan fingerprint density at radius 2 is 2.42 bits per heavy atom. The van der Waals surface area contributed by atoms with Crippen LogP contribution < -0.4 is 5.73 Å². The van der Waals surface area contributed by atoms with Gasteiger partial charge in [-0.05, 0) is 39.5 Å². The quantitative estimate of drug-likeness (QED) is 0.829. The topological polar surface area (TPSA) is 83.0 Å². The van der Waals surface area contributed by atoms with Crippen molar-refractivity contribution in [1.82, 2.24) is 15.0 Å². The van der Waals surface area contributed by atoms with Gasteiger partial charge < -0.3 is 10.5 Å². The molecule has 2 aromatic rings. The van der Waals surface area contributed by atoms with Crippen LogP contribution >= 0.6 is 27.3 Å². The fourth-order valence-electron chi connectivity index (χ4n) is 1.70. The first-order valence-corrected chi connectivity index (χ1v) is 7.26. The molecule has 0 atom stereocenters. The van der Waals surface area contributed by atoms with Gasteiger partial charge in [-0.1, -0.05) is 5.21 Å². The Morgan fingerprint density at radius 1 is 1.63 bits per heavy atom. The van der Waals surface area contributed by atoms with E-state index in [1.54, 1.807) is 16.0 Å². The van der Waals surface area contributed by atoms with Crippen molar-refractivity contribution in [2.75, 3.05) is 13.7 Å². The van der Waals surface area contributed by atoms with Crippen molar-refractivity contribution in [3.63, 3.8) is 0 Å². The average Bonchev–Trinajstić information content (AvgIpc) is 2.97.